The van der Waals surface area contributed by atoms with Gasteiger partial charge in [-0.15, -0.1) is 11.6 Å². The average molecular weight is 287 g/mol. The Labute approximate surface area is 107 Å². The SMILES string of the molecule is CC(C)OC(=O)NS(=O)(=O)NC(CCl)C(C)C. The fourth-order valence-corrected chi connectivity index (χ4v) is 2.53. The molecule has 0 aromatic rings. The Balaban J connectivity index is 4.43. The van der Waals surface area contributed by atoms with E-state index in [1.165, 1.54) is 0 Å². The Morgan fingerprint density at radius 2 is 1.82 bits per heavy atom. The maximum atomic E-state index is 11.5. The maximum absolute atomic E-state index is 11.5. The Hall–Kier alpha value is -0.530. The molecule has 17 heavy (non-hydrogen) atoms. The first kappa shape index (κ1) is 16.5. The van der Waals surface area contributed by atoms with Crippen LogP contribution in [0.15, 0.2) is 0 Å². The number of nitrogens with one attached hydrogen (secondary N) is 2. The molecule has 0 radical (unpaired) electrons. The molecule has 6 nitrogen and oxygen atoms in total. The molecule has 0 aromatic carbocycles. The zero-order chi connectivity index (χ0) is 13.6. The minimum atomic E-state index is -3.94. The molecule has 0 aromatic heterocycles. The lowest BCUT2D eigenvalue weighted by molar-refractivity contribution is 0.121. The third-order valence-electron chi connectivity index (χ3n) is 1.84. The van der Waals surface area contributed by atoms with Crippen LogP contribution in [0.25, 0.3) is 0 Å². The van der Waals surface area contributed by atoms with Gasteiger partial charge in [-0.1, -0.05) is 13.8 Å². The Bertz CT molecular complexity index is 343. The second kappa shape index (κ2) is 7.03. The Kier molecular flexibility index (Phi) is 6.81. The van der Waals surface area contributed by atoms with Gasteiger partial charge in [0.05, 0.1) is 6.10 Å². The molecule has 0 aliphatic carbocycles. The van der Waals surface area contributed by atoms with Crippen LogP contribution in [-0.2, 0) is 14.9 Å². The molecular weight excluding hydrogens is 268 g/mol. The van der Waals surface area contributed by atoms with Gasteiger partial charge in [0.2, 0.25) is 0 Å². The highest BCUT2D eigenvalue weighted by Gasteiger charge is 2.22. The van der Waals surface area contributed by atoms with Crippen LogP contribution in [0.5, 0.6) is 0 Å². The van der Waals surface area contributed by atoms with Crippen molar-refractivity contribution < 1.29 is 17.9 Å². The van der Waals surface area contributed by atoms with E-state index < -0.39 is 22.3 Å². The van der Waals surface area contributed by atoms with Crippen LogP contribution >= 0.6 is 11.6 Å². The first-order valence-corrected chi connectivity index (χ1v) is 7.26. The molecule has 8 heteroatoms. The molecule has 0 spiro atoms. The maximum Gasteiger partial charge on any atom is 0.422 e. The molecule has 102 valence electrons. The Morgan fingerprint density at radius 1 is 1.29 bits per heavy atom. The Morgan fingerprint density at radius 3 is 2.18 bits per heavy atom. The first-order valence-electron chi connectivity index (χ1n) is 5.24. The number of carbonyl (C=O) groups is 1. The monoisotopic (exact) mass is 286 g/mol. The van der Waals surface area contributed by atoms with Crippen molar-refractivity contribution in [2.75, 3.05) is 5.88 Å². The lowest BCUT2D eigenvalue weighted by Crippen LogP contribution is -2.48. The minimum absolute atomic E-state index is 0.0187. The van der Waals surface area contributed by atoms with E-state index in [9.17, 15) is 13.2 Å². The van der Waals surface area contributed by atoms with Crippen molar-refractivity contribution in [2.45, 2.75) is 39.8 Å². The summed E-state index contributed by atoms with van der Waals surface area (Å²) < 4.78 is 31.7. The molecule has 0 heterocycles. The quantitative estimate of drug-likeness (QED) is 0.719. The number of carbonyl (C=O) groups excluding carboxylic acids is 1. The van der Waals surface area contributed by atoms with Gasteiger partial charge in [-0.2, -0.15) is 13.1 Å². The summed E-state index contributed by atoms with van der Waals surface area (Å²) >= 11 is 5.62. The first-order chi connectivity index (χ1) is 7.68. The molecule has 0 aliphatic rings. The second-order valence-electron chi connectivity index (χ2n) is 4.18. The van der Waals surface area contributed by atoms with E-state index in [4.69, 9.17) is 11.6 Å². The average Bonchev–Trinajstić information content (AvgIpc) is 2.11. The number of hydrogen-bond acceptors (Lipinski definition) is 4. The summed E-state index contributed by atoms with van der Waals surface area (Å²) in [7, 11) is -3.94. The number of amides is 1. The van der Waals surface area contributed by atoms with Crippen molar-refractivity contribution in [1.82, 2.24) is 9.44 Å². The summed E-state index contributed by atoms with van der Waals surface area (Å²) in [4.78, 5) is 11.1. The summed E-state index contributed by atoms with van der Waals surface area (Å²) in [5.74, 6) is 0.142. The topological polar surface area (TPSA) is 84.5 Å². The lowest BCUT2D eigenvalue weighted by atomic mass is 10.1. The van der Waals surface area contributed by atoms with Crippen molar-refractivity contribution in [3.05, 3.63) is 0 Å². The predicted molar refractivity (Wildman–Crippen MR) is 66.2 cm³/mol. The summed E-state index contributed by atoms with van der Waals surface area (Å²) in [6.07, 6.45) is -1.40. The minimum Gasteiger partial charge on any atom is -0.446 e. The van der Waals surface area contributed by atoms with Gasteiger partial charge in [0.25, 0.3) is 0 Å². The molecule has 1 amide bonds. The van der Waals surface area contributed by atoms with Gasteiger partial charge in [-0.05, 0) is 19.8 Å². The molecule has 0 aliphatic heterocycles. The lowest BCUT2D eigenvalue weighted by Gasteiger charge is -2.19. The van der Waals surface area contributed by atoms with Crippen molar-refractivity contribution in [3.63, 3.8) is 0 Å². The summed E-state index contributed by atoms with van der Waals surface area (Å²) in [6.45, 7) is 6.88. The van der Waals surface area contributed by atoms with Crippen LogP contribution < -0.4 is 9.44 Å². The smallest absolute Gasteiger partial charge is 0.422 e. The van der Waals surface area contributed by atoms with Crippen LogP contribution in [0.2, 0.25) is 0 Å². The summed E-state index contributed by atoms with van der Waals surface area (Å²) in [5.41, 5.74) is 0. The van der Waals surface area contributed by atoms with E-state index in [1.54, 1.807) is 18.6 Å². The third kappa shape index (κ3) is 7.40. The number of hydrogen-bond donors (Lipinski definition) is 2. The molecule has 2 N–H and O–H groups in total. The van der Waals surface area contributed by atoms with Crippen LogP contribution in [-0.4, -0.2) is 32.5 Å². The fraction of sp³-hybridized carbons (Fsp3) is 0.889. The molecular formula is C9H19ClN2O4S. The van der Waals surface area contributed by atoms with Gasteiger partial charge in [-0.25, -0.2) is 9.52 Å². The van der Waals surface area contributed by atoms with Gasteiger partial charge in [-0.3, -0.25) is 0 Å². The normalized spacial score (nSPS) is 13.8. The van der Waals surface area contributed by atoms with Crippen molar-refractivity contribution in [1.29, 1.82) is 0 Å². The van der Waals surface area contributed by atoms with E-state index in [2.05, 4.69) is 9.46 Å². The molecule has 0 fully saturated rings. The number of ether oxygens (including phenoxy) is 1. The third-order valence-corrected chi connectivity index (χ3v) is 3.22. The molecule has 0 saturated heterocycles. The van der Waals surface area contributed by atoms with E-state index >= 15 is 0 Å². The zero-order valence-electron chi connectivity index (χ0n) is 10.4. The second-order valence-corrected chi connectivity index (χ2v) is 5.94. The van der Waals surface area contributed by atoms with Gasteiger partial charge in [0, 0.05) is 11.9 Å². The molecule has 0 saturated carbocycles. The van der Waals surface area contributed by atoms with Crippen molar-refractivity contribution in [3.8, 4) is 0 Å². The van der Waals surface area contributed by atoms with Gasteiger partial charge in [0.1, 0.15) is 0 Å². The number of halogens is 1. The van der Waals surface area contributed by atoms with Gasteiger partial charge in [0.15, 0.2) is 0 Å². The van der Waals surface area contributed by atoms with Gasteiger partial charge < -0.3 is 4.74 Å². The molecule has 1 unspecified atom stereocenters. The van der Waals surface area contributed by atoms with Crippen LogP contribution in [0, 0.1) is 5.92 Å². The predicted octanol–water partition coefficient (Wildman–Crippen LogP) is 1.22. The van der Waals surface area contributed by atoms with Crippen molar-refractivity contribution in [2.24, 2.45) is 5.92 Å². The van der Waals surface area contributed by atoms with Crippen molar-refractivity contribution >= 4 is 27.9 Å². The standard InChI is InChI=1S/C9H19ClN2O4S/c1-6(2)8(5-10)11-17(14,15)12-9(13)16-7(3)4/h6-8,11H,5H2,1-4H3,(H,12,13). The van der Waals surface area contributed by atoms with Crippen LogP contribution in [0.3, 0.4) is 0 Å². The fourth-order valence-electron chi connectivity index (χ4n) is 0.922. The highest BCUT2D eigenvalue weighted by Crippen LogP contribution is 2.04. The molecule has 0 bridgehead atoms. The van der Waals surface area contributed by atoms with E-state index in [0.29, 0.717) is 0 Å². The zero-order valence-corrected chi connectivity index (χ0v) is 11.9. The molecule has 1 atom stereocenters. The van der Waals surface area contributed by atoms with Crippen LogP contribution in [0.4, 0.5) is 4.79 Å². The number of rotatable bonds is 6. The van der Waals surface area contributed by atoms with E-state index in [0.717, 1.165) is 0 Å². The summed E-state index contributed by atoms with van der Waals surface area (Å²) in [5, 5.41) is 0. The van der Waals surface area contributed by atoms with Crippen LogP contribution in [0.1, 0.15) is 27.7 Å². The largest absolute Gasteiger partial charge is 0.446 e. The molecule has 0 rings (SSSR count). The summed E-state index contributed by atoms with van der Waals surface area (Å²) in [6, 6.07) is -0.444. The highest BCUT2D eigenvalue weighted by atomic mass is 35.5. The number of alkyl halides is 1. The van der Waals surface area contributed by atoms with Gasteiger partial charge >= 0.3 is 16.3 Å². The van der Waals surface area contributed by atoms with E-state index in [1.807, 2.05) is 13.8 Å². The van der Waals surface area contributed by atoms with E-state index in [-0.39, 0.29) is 17.9 Å². The highest BCUT2D eigenvalue weighted by molar-refractivity contribution is 7.88.